The molecule has 0 spiro atoms. The van der Waals surface area contributed by atoms with E-state index in [1.807, 2.05) is 6.07 Å². The molecule has 7 heteroatoms. The van der Waals surface area contributed by atoms with Gasteiger partial charge in [0, 0.05) is 13.2 Å². The quantitative estimate of drug-likeness (QED) is 0.654. The normalized spacial score (nSPS) is 18.9. The Morgan fingerprint density at radius 2 is 2.22 bits per heavy atom. The fraction of sp³-hybridized carbons (Fsp3) is 0.600. The summed E-state index contributed by atoms with van der Waals surface area (Å²) in [4.78, 5) is 22.3. The van der Waals surface area contributed by atoms with Gasteiger partial charge in [-0.05, 0) is 64.5 Å². The highest BCUT2D eigenvalue weighted by atomic mass is 16.5. The molecule has 1 saturated heterocycles. The van der Waals surface area contributed by atoms with Crippen molar-refractivity contribution in [3.8, 4) is 5.75 Å². The summed E-state index contributed by atoms with van der Waals surface area (Å²) in [6, 6.07) is 6.04. The van der Waals surface area contributed by atoms with Gasteiger partial charge < -0.3 is 24.7 Å². The van der Waals surface area contributed by atoms with Crippen LogP contribution < -0.4 is 15.6 Å². The summed E-state index contributed by atoms with van der Waals surface area (Å²) < 4.78 is 10.9. The number of H-pyrrole nitrogens is 1. The fourth-order valence-corrected chi connectivity index (χ4v) is 3.81. The zero-order chi connectivity index (χ0) is 19.2. The monoisotopic (exact) mass is 374 g/mol. The molecule has 7 nitrogen and oxygen atoms in total. The lowest BCUT2D eigenvalue weighted by atomic mass is 10.1. The number of aromatic amines is 1. The summed E-state index contributed by atoms with van der Waals surface area (Å²) in [6.45, 7) is 3.00. The second kappa shape index (κ2) is 9.30. The van der Waals surface area contributed by atoms with Gasteiger partial charge in [0.25, 0.3) is 5.56 Å². The number of rotatable bonds is 9. The lowest BCUT2D eigenvalue weighted by Gasteiger charge is -2.20. The van der Waals surface area contributed by atoms with E-state index < -0.39 is 0 Å². The van der Waals surface area contributed by atoms with Crippen molar-refractivity contribution in [1.82, 2.24) is 20.2 Å². The summed E-state index contributed by atoms with van der Waals surface area (Å²) in [5, 5.41) is 4.01. The molecule has 0 amide bonds. The van der Waals surface area contributed by atoms with Gasteiger partial charge in [0.15, 0.2) is 0 Å². The number of methoxy groups -OCH3 is 2. The van der Waals surface area contributed by atoms with E-state index in [0.717, 1.165) is 25.9 Å². The van der Waals surface area contributed by atoms with E-state index >= 15 is 0 Å². The van der Waals surface area contributed by atoms with Crippen molar-refractivity contribution >= 4 is 10.9 Å². The highest BCUT2D eigenvalue weighted by Gasteiger charge is 2.20. The van der Waals surface area contributed by atoms with E-state index in [2.05, 4.69) is 27.2 Å². The molecule has 0 radical (unpaired) electrons. The standard InChI is InChI=1S/C20H30N4O3/c1-24-13-5-6-14(24)9-11-21-12-10-17(27-3)19-22-18-15(20(25)23-19)7-4-8-16(18)26-2/h4,7-8,14,17,21H,5-6,9-13H2,1-3H3,(H,22,23,25). The topological polar surface area (TPSA) is 79.5 Å². The maximum atomic E-state index is 12.4. The van der Waals surface area contributed by atoms with E-state index in [0.29, 0.717) is 28.5 Å². The second-order valence-electron chi connectivity index (χ2n) is 7.14. The van der Waals surface area contributed by atoms with Crippen molar-refractivity contribution in [1.29, 1.82) is 0 Å². The average Bonchev–Trinajstić information content (AvgIpc) is 3.09. The van der Waals surface area contributed by atoms with Crippen LogP contribution in [0.2, 0.25) is 0 Å². The summed E-state index contributed by atoms with van der Waals surface area (Å²) in [5.74, 6) is 1.13. The van der Waals surface area contributed by atoms with Crippen molar-refractivity contribution in [3.63, 3.8) is 0 Å². The molecule has 2 heterocycles. The van der Waals surface area contributed by atoms with Crippen molar-refractivity contribution < 1.29 is 9.47 Å². The highest BCUT2D eigenvalue weighted by molar-refractivity contribution is 5.83. The molecule has 0 aliphatic carbocycles. The Bertz CT molecular complexity index is 807. The van der Waals surface area contributed by atoms with Gasteiger partial charge in [0.1, 0.15) is 23.2 Å². The summed E-state index contributed by atoms with van der Waals surface area (Å²) >= 11 is 0. The minimum absolute atomic E-state index is 0.173. The first-order chi connectivity index (χ1) is 13.1. The molecular formula is C20H30N4O3. The Hall–Kier alpha value is -1.96. The van der Waals surface area contributed by atoms with Crippen LogP contribution in [0, 0.1) is 0 Å². The van der Waals surface area contributed by atoms with Crippen LogP contribution in [0.5, 0.6) is 5.75 Å². The van der Waals surface area contributed by atoms with Crippen LogP contribution in [0.1, 0.15) is 37.6 Å². The third-order valence-electron chi connectivity index (χ3n) is 5.44. The van der Waals surface area contributed by atoms with Gasteiger partial charge in [0.05, 0.1) is 12.5 Å². The molecule has 2 unspecified atom stereocenters. The first-order valence-electron chi connectivity index (χ1n) is 9.64. The first-order valence-corrected chi connectivity index (χ1v) is 9.64. The molecule has 0 saturated carbocycles. The second-order valence-corrected chi connectivity index (χ2v) is 7.14. The van der Waals surface area contributed by atoms with Crippen LogP contribution >= 0.6 is 0 Å². The molecule has 1 aromatic heterocycles. The van der Waals surface area contributed by atoms with Gasteiger partial charge in [0.2, 0.25) is 0 Å². The number of aromatic nitrogens is 2. The Labute approximate surface area is 160 Å². The highest BCUT2D eigenvalue weighted by Crippen LogP contribution is 2.23. The van der Waals surface area contributed by atoms with Crippen LogP contribution in [-0.2, 0) is 4.74 Å². The molecule has 1 aromatic carbocycles. The smallest absolute Gasteiger partial charge is 0.258 e. The minimum Gasteiger partial charge on any atom is -0.494 e. The number of ether oxygens (including phenoxy) is 2. The van der Waals surface area contributed by atoms with Crippen LogP contribution in [0.3, 0.4) is 0 Å². The van der Waals surface area contributed by atoms with Gasteiger partial charge in [-0.15, -0.1) is 0 Å². The number of benzene rings is 1. The minimum atomic E-state index is -0.270. The maximum Gasteiger partial charge on any atom is 0.258 e. The predicted octanol–water partition coefficient (Wildman–Crippen LogP) is 2.08. The Kier molecular flexibility index (Phi) is 6.82. The van der Waals surface area contributed by atoms with Gasteiger partial charge in [-0.2, -0.15) is 0 Å². The molecule has 1 fully saturated rings. The van der Waals surface area contributed by atoms with Crippen LogP contribution in [0.15, 0.2) is 23.0 Å². The molecule has 1 aliphatic heterocycles. The van der Waals surface area contributed by atoms with E-state index in [-0.39, 0.29) is 11.7 Å². The number of fused-ring (bicyclic) bond motifs is 1. The molecular weight excluding hydrogens is 344 g/mol. The SMILES string of the molecule is COc1cccc2c(=O)[nH]c(C(CCNCCC3CCCN3C)OC)nc12. The molecule has 27 heavy (non-hydrogen) atoms. The summed E-state index contributed by atoms with van der Waals surface area (Å²) in [6.07, 6.45) is 4.23. The third-order valence-corrected chi connectivity index (χ3v) is 5.44. The first kappa shape index (κ1) is 19.8. The van der Waals surface area contributed by atoms with E-state index in [9.17, 15) is 4.79 Å². The van der Waals surface area contributed by atoms with Crippen molar-refractivity contribution in [2.75, 3.05) is 40.9 Å². The Balaban J connectivity index is 1.60. The van der Waals surface area contributed by atoms with E-state index in [1.165, 1.54) is 19.4 Å². The number of nitrogens with zero attached hydrogens (tertiary/aromatic N) is 2. The molecule has 1 aliphatic rings. The zero-order valence-electron chi connectivity index (χ0n) is 16.5. The number of hydrogen-bond donors (Lipinski definition) is 2. The molecule has 0 bridgehead atoms. The number of nitrogens with one attached hydrogen (secondary N) is 2. The summed E-state index contributed by atoms with van der Waals surface area (Å²) in [5.41, 5.74) is 0.395. The number of hydrogen-bond acceptors (Lipinski definition) is 6. The van der Waals surface area contributed by atoms with Crippen molar-refractivity contribution in [3.05, 3.63) is 34.4 Å². The fourth-order valence-electron chi connectivity index (χ4n) is 3.81. The lowest BCUT2D eigenvalue weighted by molar-refractivity contribution is 0.0883. The lowest BCUT2D eigenvalue weighted by Crippen LogP contribution is -2.30. The van der Waals surface area contributed by atoms with Gasteiger partial charge in [-0.25, -0.2) is 4.98 Å². The van der Waals surface area contributed by atoms with Crippen LogP contribution in [0.4, 0.5) is 0 Å². The van der Waals surface area contributed by atoms with Crippen LogP contribution in [0.25, 0.3) is 10.9 Å². The molecule has 2 atom stereocenters. The number of para-hydroxylation sites is 1. The summed E-state index contributed by atoms with van der Waals surface area (Å²) in [7, 11) is 5.43. The maximum absolute atomic E-state index is 12.4. The number of likely N-dealkylation sites (tertiary alicyclic amines) is 1. The Morgan fingerprint density at radius 1 is 1.37 bits per heavy atom. The van der Waals surface area contributed by atoms with Crippen LogP contribution in [-0.4, -0.2) is 61.8 Å². The third kappa shape index (κ3) is 4.66. The Morgan fingerprint density at radius 3 is 2.93 bits per heavy atom. The molecule has 3 rings (SSSR count). The van der Waals surface area contributed by atoms with Crippen molar-refractivity contribution in [2.24, 2.45) is 0 Å². The van der Waals surface area contributed by atoms with Gasteiger partial charge in [-0.1, -0.05) is 6.07 Å². The molecule has 2 aromatic rings. The largest absolute Gasteiger partial charge is 0.494 e. The van der Waals surface area contributed by atoms with Crippen molar-refractivity contribution in [2.45, 2.75) is 37.8 Å². The molecule has 2 N–H and O–H groups in total. The average molecular weight is 374 g/mol. The van der Waals surface area contributed by atoms with E-state index in [1.54, 1.807) is 26.4 Å². The zero-order valence-corrected chi connectivity index (χ0v) is 16.5. The predicted molar refractivity (Wildman–Crippen MR) is 106 cm³/mol. The van der Waals surface area contributed by atoms with E-state index in [4.69, 9.17) is 9.47 Å². The molecule has 148 valence electrons. The van der Waals surface area contributed by atoms with Gasteiger partial charge >= 0.3 is 0 Å². The van der Waals surface area contributed by atoms with Gasteiger partial charge in [-0.3, -0.25) is 4.79 Å².